The number of carbonyl (C=O) groups excluding carboxylic acids is 2. The van der Waals surface area contributed by atoms with E-state index in [1.54, 1.807) is 23.1 Å². The zero-order valence-corrected chi connectivity index (χ0v) is 20.0. The van der Waals surface area contributed by atoms with Crippen LogP contribution in [0.5, 0.6) is 0 Å². The van der Waals surface area contributed by atoms with Crippen LogP contribution >= 0.6 is 0 Å². The second-order valence-corrected chi connectivity index (χ2v) is 11.0. The molecule has 0 atom stereocenters. The van der Waals surface area contributed by atoms with Crippen LogP contribution in [0.25, 0.3) is 0 Å². The number of amides is 3. The fraction of sp³-hybridized carbons (Fsp3) is 0.440. The van der Waals surface area contributed by atoms with Crippen LogP contribution < -0.4 is 4.31 Å². The fourth-order valence-electron chi connectivity index (χ4n) is 5.04. The quantitative estimate of drug-likeness (QED) is 0.674. The highest BCUT2D eigenvalue weighted by Gasteiger charge is 2.32. The Morgan fingerprint density at radius 2 is 1.38 bits per heavy atom. The molecular weight excluding hydrogens is 452 g/mol. The van der Waals surface area contributed by atoms with E-state index < -0.39 is 10.0 Å². The molecule has 0 aromatic heterocycles. The molecule has 2 aromatic carbocycles. The van der Waals surface area contributed by atoms with Crippen molar-refractivity contribution >= 4 is 27.6 Å². The van der Waals surface area contributed by atoms with Crippen molar-refractivity contribution in [2.45, 2.75) is 30.6 Å². The summed E-state index contributed by atoms with van der Waals surface area (Å²) < 4.78 is 28.2. The van der Waals surface area contributed by atoms with Crippen molar-refractivity contribution in [3.05, 3.63) is 59.7 Å². The fourth-order valence-corrected chi connectivity index (χ4v) is 6.59. The molecule has 2 aromatic rings. The van der Waals surface area contributed by atoms with Gasteiger partial charge in [-0.1, -0.05) is 24.3 Å². The van der Waals surface area contributed by atoms with Crippen LogP contribution in [-0.2, 0) is 16.4 Å². The van der Waals surface area contributed by atoms with Crippen LogP contribution in [0.2, 0.25) is 0 Å². The van der Waals surface area contributed by atoms with Gasteiger partial charge in [-0.3, -0.25) is 9.10 Å². The molecule has 34 heavy (non-hydrogen) atoms. The van der Waals surface area contributed by atoms with Gasteiger partial charge in [-0.25, -0.2) is 13.2 Å². The van der Waals surface area contributed by atoms with E-state index in [9.17, 15) is 18.0 Å². The van der Waals surface area contributed by atoms with Crippen molar-refractivity contribution in [3.63, 3.8) is 0 Å². The van der Waals surface area contributed by atoms with Gasteiger partial charge in [0, 0.05) is 51.4 Å². The number of para-hydroxylation sites is 1. The lowest BCUT2D eigenvalue weighted by Crippen LogP contribution is -2.54. The molecule has 0 aliphatic carbocycles. The second-order valence-electron chi connectivity index (χ2n) is 9.09. The Labute approximate surface area is 200 Å². The van der Waals surface area contributed by atoms with E-state index in [0.717, 1.165) is 31.5 Å². The number of anilines is 1. The number of rotatable bonds is 3. The molecule has 3 aliphatic heterocycles. The average Bonchev–Trinajstić information content (AvgIpc) is 3.34. The van der Waals surface area contributed by atoms with Crippen LogP contribution in [0.3, 0.4) is 0 Å². The summed E-state index contributed by atoms with van der Waals surface area (Å²) in [7, 11) is -3.77. The molecule has 2 fully saturated rings. The van der Waals surface area contributed by atoms with Crippen LogP contribution in [-0.4, -0.2) is 80.9 Å². The summed E-state index contributed by atoms with van der Waals surface area (Å²) in [5, 5.41) is 0. The van der Waals surface area contributed by atoms with E-state index in [1.165, 1.54) is 16.8 Å². The third-order valence-corrected chi connectivity index (χ3v) is 8.79. The Bertz CT molecular complexity index is 1180. The molecule has 0 spiro atoms. The molecular formula is C25H30N4O4S. The Hall–Kier alpha value is -3.07. The molecule has 2 saturated heterocycles. The van der Waals surface area contributed by atoms with Crippen molar-refractivity contribution in [3.8, 4) is 0 Å². The number of piperazine rings is 1. The second kappa shape index (κ2) is 9.29. The Kier molecular flexibility index (Phi) is 6.20. The monoisotopic (exact) mass is 482 g/mol. The summed E-state index contributed by atoms with van der Waals surface area (Å²) in [5.41, 5.74) is 2.06. The molecule has 3 aliphatic rings. The van der Waals surface area contributed by atoms with E-state index in [-0.39, 0.29) is 16.8 Å². The molecule has 8 nitrogen and oxygen atoms in total. The van der Waals surface area contributed by atoms with Crippen molar-refractivity contribution in [1.29, 1.82) is 0 Å². The summed E-state index contributed by atoms with van der Waals surface area (Å²) in [4.78, 5) is 31.5. The third-order valence-electron chi connectivity index (χ3n) is 6.98. The normalized spacial score (nSPS) is 18.7. The highest BCUT2D eigenvalue weighted by atomic mass is 32.2. The topological polar surface area (TPSA) is 81.2 Å². The van der Waals surface area contributed by atoms with Gasteiger partial charge in [0.2, 0.25) is 0 Å². The minimum absolute atomic E-state index is 0.0609. The van der Waals surface area contributed by atoms with Crippen molar-refractivity contribution in [2.75, 3.05) is 50.1 Å². The average molecular weight is 483 g/mol. The highest BCUT2D eigenvalue weighted by Crippen LogP contribution is 2.32. The SMILES string of the molecule is O=C(c1cccc(S(=O)(=O)N2CCc3ccccc32)c1)N1CCN(C(=O)N2CCCCC2)CC1. The summed E-state index contributed by atoms with van der Waals surface area (Å²) in [6.45, 7) is 3.87. The zero-order chi connectivity index (χ0) is 23.7. The van der Waals surface area contributed by atoms with Gasteiger partial charge in [0.1, 0.15) is 0 Å². The molecule has 5 rings (SSSR count). The first-order chi connectivity index (χ1) is 16.4. The lowest BCUT2D eigenvalue weighted by Gasteiger charge is -2.38. The number of sulfonamides is 1. The number of piperidine rings is 1. The minimum atomic E-state index is -3.77. The van der Waals surface area contributed by atoms with Crippen molar-refractivity contribution in [1.82, 2.24) is 14.7 Å². The summed E-state index contributed by atoms with van der Waals surface area (Å²) >= 11 is 0. The predicted molar refractivity (Wildman–Crippen MR) is 129 cm³/mol. The smallest absolute Gasteiger partial charge is 0.320 e. The third kappa shape index (κ3) is 4.24. The number of benzene rings is 2. The van der Waals surface area contributed by atoms with Crippen molar-refractivity contribution in [2.24, 2.45) is 0 Å². The molecule has 0 saturated carbocycles. The number of urea groups is 1. The van der Waals surface area contributed by atoms with Gasteiger partial charge < -0.3 is 14.7 Å². The summed E-state index contributed by atoms with van der Waals surface area (Å²) in [6.07, 6.45) is 3.94. The first kappa shape index (κ1) is 22.7. The maximum Gasteiger partial charge on any atom is 0.320 e. The standard InChI is InChI=1S/C25H30N4O4S/c30-24(26-15-17-28(18-16-26)25(31)27-12-4-1-5-13-27)21-8-6-9-22(19-21)34(32,33)29-14-11-20-7-2-3-10-23(20)29/h2-3,6-10,19H,1,4-5,11-18H2. The van der Waals surface area contributed by atoms with Crippen molar-refractivity contribution < 1.29 is 18.0 Å². The van der Waals surface area contributed by atoms with E-state index in [2.05, 4.69) is 0 Å². The van der Waals surface area contributed by atoms with E-state index in [0.29, 0.717) is 50.4 Å². The van der Waals surface area contributed by atoms with Gasteiger partial charge in [0.15, 0.2) is 0 Å². The number of hydrogen-bond donors (Lipinski definition) is 0. The number of fused-ring (bicyclic) bond motifs is 1. The first-order valence-electron chi connectivity index (χ1n) is 12.0. The van der Waals surface area contributed by atoms with Gasteiger partial charge in [-0.15, -0.1) is 0 Å². The lowest BCUT2D eigenvalue weighted by molar-refractivity contribution is 0.0632. The summed E-state index contributed by atoms with van der Waals surface area (Å²) in [5.74, 6) is -0.205. The Morgan fingerprint density at radius 3 is 2.15 bits per heavy atom. The summed E-state index contributed by atoms with van der Waals surface area (Å²) in [6, 6.07) is 13.9. The molecule has 9 heteroatoms. The predicted octanol–water partition coefficient (Wildman–Crippen LogP) is 2.80. The van der Waals surface area contributed by atoms with Gasteiger partial charge in [-0.2, -0.15) is 0 Å². The molecule has 0 unspecified atom stereocenters. The Morgan fingerprint density at radius 1 is 0.706 bits per heavy atom. The van der Waals surface area contributed by atoms with Gasteiger partial charge in [-0.05, 0) is 55.5 Å². The van der Waals surface area contributed by atoms with Crippen LogP contribution in [0, 0.1) is 0 Å². The molecule has 3 heterocycles. The van der Waals surface area contributed by atoms with Gasteiger partial charge in [0.25, 0.3) is 15.9 Å². The van der Waals surface area contributed by atoms with Gasteiger partial charge >= 0.3 is 6.03 Å². The number of hydrogen-bond acceptors (Lipinski definition) is 4. The maximum atomic E-state index is 13.4. The largest absolute Gasteiger partial charge is 0.335 e. The maximum absolute atomic E-state index is 13.4. The molecule has 3 amide bonds. The molecule has 0 N–H and O–H groups in total. The van der Waals surface area contributed by atoms with Crippen LogP contribution in [0.4, 0.5) is 10.5 Å². The lowest BCUT2D eigenvalue weighted by atomic mass is 10.1. The number of likely N-dealkylation sites (tertiary alicyclic amines) is 1. The minimum Gasteiger partial charge on any atom is -0.335 e. The van der Waals surface area contributed by atoms with E-state index in [1.807, 2.05) is 34.1 Å². The zero-order valence-electron chi connectivity index (χ0n) is 19.2. The van der Waals surface area contributed by atoms with Crippen LogP contribution in [0.15, 0.2) is 53.4 Å². The molecule has 0 radical (unpaired) electrons. The highest BCUT2D eigenvalue weighted by molar-refractivity contribution is 7.92. The van der Waals surface area contributed by atoms with E-state index >= 15 is 0 Å². The van der Waals surface area contributed by atoms with Gasteiger partial charge in [0.05, 0.1) is 10.6 Å². The van der Waals surface area contributed by atoms with Crippen LogP contribution in [0.1, 0.15) is 35.2 Å². The molecule has 0 bridgehead atoms. The number of nitrogens with zero attached hydrogens (tertiary/aromatic N) is 4. The van der Waals surface area contributed by atoms with E-state index in [4.69, 9.17) is 0 Å². The molecule has 180 valence electrons. The Balaban J connectivity index is 1.27. The first-order valence-corrected chi connectivity index (χ1v) is 13.4. The number of carbonyl (C=O) groups is 2.